The molecule has 0 unspecified atom stereocenters. The van der Waals surface area contributed by atoms with Crippen LogP contribution in [0.1, 0.15) is 51.2 Å². The summed E-state index contributed by atoms with van der Waals surface area (Å²) in [4.78, 5) is 27.2. The first kappa shape index (κ1) is 23.4. The van der Waals surface area contributed by atoms with E-state index >= 15 is 0 Å². The van der Waals surface area contributed by atoms with Gasteiger partial charge in [-0.25, -0.2) is 4.39 Å². The number of nitrogens with zero attached hydrogens (tertiary/aromatic N) is 1. The average Bonchev–Trinajstić information content (AvgIpc) is 2.73. The number of hydrogen-bond acceptors (Lipinski definition) is 3. The molecular weight excluding hydrogens is 383 g/mol. The summed E-state index contributed by atoms with van der Waals surface area (Å²) in [6.07, 6.45) is 0.460. The van der Waals surface area contributed by atoms with Crippen LogP contribution >= 0.6 is 0 Å². The zero-order valence-corrected chi connectivity index (χ0v) is 18.2. The van der Waals surface area contributed by atoms with Crippen LogP contribution in [0.5, 0.6) is 5.75 Å². The third-order valence-corrected chi connectivity index (χ3v) is 4.90. The van der Waals surface area contributed by atoms with Crippen molar-refractivity contribution in [2.45, 2.75) is 52.6 Å². The van der Waals surface area contributed by atoms with Gasteiger partial charge in [-0.3, -0.25) is 9.59 Å². The number of ether oxygens (including phenoxy) is 1. The molecule has 0 aliphatic carbocycles. The molecule has 30 heavy (non-hydrogen) atoms. The van der Waals surface area contributed by atoms with E-state index in [1.807, 2.05) is 38.1 Å². The van der Waals surface area contributed by atoms with Crippen LogP contribution in [0.25, 0.3) is 0 Å². The Labute approximate surface area is 178 Å². The van der Waals surface area contributed by atoms with E-state index in [9.17, 15) is 14.0 Å². The van der Waals surface area contributed by atoms with Gasteiger partial charge in [-0.15, -0.1) is 0 Å². The highest BCUT2D eigenvalue weighted by atomic mass is 19.1. The van der Waals surface area contributed by atoms with Crippen LogP contribution < -0.4 is 10.1 Å². The molecule has 0 fully saturated rings. The Morgan fingerprint density at radius 3 is 2.33 bits per heavy atom. The first-order valence-corrected chi connectivity index (χ1v) is 10.4. The Hall–Kier alpha value is -2.89. The van der Waals surface area contributed by atoms with Gasteiger partial charge in [-0.05, 0) is 48.6 Å². The van der Waals surface area contributed by atoms with Crippen molar-refractivity contribution in [3.8, 4) is 5.75 Å². The van der Waals surface area contributed by atoms with Gasteiger partial charge in [-0.2, -0.15) is 0 Å². The number of hydrogen-bond donors (Lipinski definition) is 1. The van der Waals surface area contributed by atoms with E-state index in [0.29, 0.717) is 18.7 Å². The molecule has 2 aromatic carbocycles. The molecule has 0 aromatic heterocycles. The largest absolute Gasteiger partial charge is 0.483 e. The molecule has 1 N–H and O–H groups in total. The van der Waals surface area contributed by atoms with Crippen molar-refractivity contribution in [3.63, 3.8) is 0 Å². The van der Waals surface area contributed by atoms with Gasteiger partial charge in [0, 0.05) is 13.1 Å². The van der Waals surface area contributed by atoms with Gasteiger partial charge in [0.15, 0.2) is 6.61 Å². The van der Waals surface area contributed by atoms with Crippen molar-refractivity contribution in [1.82, 2.24) is 10.2 Å². The molecule has 0 aliphatic rings. The fourth-order valence-electron chi connectivity index (χ4n) is 3.31. The van der Waals surface area contributed by atoms with Crippen LogP contribution in [0.3, 0.4) is 0 Å². The van der Waals surface area contributed by atoms with Crippen LogP contribution in [0.15, 0.2) is 48.5 Å². The minimum absolute atomic E-state index is 0.180. The lowest BCUT2D eigenvalue weighted by atomic mass is 10.0. The van der Waals surface area contributed by atoms with Gasteiger partial charge in [0.25, 0.3) is 5.91 Å². The molecule has 162 valence electrons. The lowest BCUT2D eigenvalue weighted by molar-refractivity contribution is -0.142. The molecule has 0 aliphatic heterocycles. The Morgan fingerprint density at radius 2 is 1.73 bits per heavy atom. The van der Waals surface area contributed by atoms with E-state index in [1.54, 1.807) is 12.1 Å². The first-order chi connectivity index (χ1) is 14.4. The number of para-hydroxylation sites is 1. The van der Waals surface area contributed by atoms with Crippen molar-refractivity contribution >= 4 is 11.8 Å². The van der Waals surface area contributed by atoms with Crippen LogP contribution in [0.4, 0.5) is 4.39 Å². The summed E-state index contributed by atoms with van der Waals surface area (Å²) in [5.74, 6) is 0.0639. The standard InChI is InChI=1S/C24H31FN2O3/c1-5-21(24(29)26-6-2)27(15-18-11-13-19(25)14-12-18)23(28)16-30-22-10-8-7-9-20(22)17(3)4/h7-14,17,21H,5-6,15-16H2,1-4H3,(H,26,29)/t21-/m0/s1. The third-order valence-electron chi connectivity index (χ3n) is 4.90. The molecule has 0 saturated heterocycles. The summed E-state index contributed by atoms with van der Waals surface area (Å²) >= 11 is 0. The van der Waals surface area contributed by atoms with Crippen LogP contribution in [-0.4, -0.2) is 35.9 Å². The zero-order valence-electron chi connectivity index (χ0n) is 18.2. The maximum Gasteiger partial charge on any atom is 0.261 e. The van der Waals surface area contributed by atoms with Crippen LogP contribution in [0, 0.1) is 5.82 Å². The van der Waals surface area contributed by atoms with Crippen LogP contribution in [-0.2, 0) is 16.1 Å². The molecule has 0 saturated carbocycles. The van der Waals surface area contributed by atoms with Gasteiger partial charge in [-0.1, -0.05) is 51.1 Å². The monoisotopic (exact) mass is 414 g/mol. The minimum atomic E-state index is -0.633. The quantitative estimate of drug-likeness (QED) is 0.632. The number of benzene rings is 2. The highest BCUT2D eigenvalue weighted by Gasteiger charge is 2.28. The highest BCUT2D eigenvalue weighted by molar-refractivity contribution is 5.88. The highest BCUT2D eigenvalue weighted by Crippen LogP contribution is 2.26. The summed E-state index contributed by atoms with van der Waals surface area (Å²) in [5.41, 5.74) is 1.77. The number of carbonyl (C=O) groups is 2. The minimum Gasteiger partial charge on any atom is -0.483 e. The van der Waals surface area contributed by atoms with Gasteiger partial charge in [0.2, 0.25) is 5.91 Å². The Bertz CT molecular complexity index is 837. The maximum absolute atomic E-state index is 13.3. The van der Waals surface area contributed by atoms with Crippen molar-refractivity contribution in [2.24, 2.45) is 0 Å². The normalized spacial score (nSPS) is 11.8. The van der Waals surface area contributed by atoms with E-state index in [1.165, 1.54) is 17.0 Å². The van der Waals surface area contributed by atoms with Crippen LogP contribution in [0.2, 0.25) is 0 Å². The SMILES string of the molecule is CCNC(=O)[C@H](CC)N(Cc1ccc(F)cc1)C(=O)COc1ccccc1C(C)C. The maximum atomic E-state index is 13.3. The Morgan fingerprint density at radius 1 is 1.07 bits per heavy atom. The van der Waals surface area contributed by atoms with Gasteiger partial charge >= 0.3 is 0 Å². The second kappa shape index (κ2) is 11.3. The number of carbonyl (C=O) groups excluding carboxylic acids is 2. The van der Waals surface area contributed by atoms with E-state index in [0.717, 1.165) is 11.1 Å². The second-order valence-electron chi connectivity index (χ2n) is 7.45. The Balaban J connectivity index is 2.22. The molecule has 5 nitrogen and oxygen atoms in total. The van der Waals surface area contributed by atoms with Crippen molar-refractivity contribution < 1.29 is 18.7 Å². The first-order valence-electron chi connectivity index (χ1n) is 10.4. The lowest BCUT2D eigenvalue weighted by Crippen LogP contribution is -2.50. The third kappa shape index (κ3) is 6.31. The molecule has 6 heteroatoms. The average molecular weight is 415 g/mol. The number of amides is 2. The summed E-state index contributed by atoms with van der Waals surface area (Å²) in [5, 5.41) is 2.79. The fraction of sp³-hybridized carbons (Fsp3) is 0.417. The van der Waals surface area contributed by atoms with Crippen molar-refractivity contribution in [3.05, 3.63) is 65.5 Å². The summed E-state index contributed by atoms with van der Waals surface area (Å²) in [6.45, 7) is 8.32. The molecule has 2 rings (SSSR count). The van der Waals surface area contributed by atoms with Crippen molar-refractivity contribution in [2.75, 3.05) is 13.2 Å². The number of likely N-dealkylation sites (N-methyl/N-ethyl adjacent to an activating group) is 1. The van der Waals surface area contributed by atoms with E-state index in [-0.39, 0.29) is 36.7 Å². The van der Waals surface area contributed by atoms with E-state index < -0.39 is 6.04 Å². The summed E-state index contributed by atoms with van der Waals surface area (Å²) in [7, 11) is 0. The topological polar surface area (TPSA) is 58.6 Å². The number of nitrogens with one attached hydrogen (secondary N) is 1. The van der Waals surface area contributed by atoms with Crippen molar-refractivity contribution in [1.29, 1.82) is 0 Å². The Kier molecular flexibility index (Phi) is 8.84. The van der Waals surface area contributed by atoms with E-state index in [2.05, 4.69) is 19.2 Å². The second-order valence-corrected chi connectivity index (χ2v) is 7.45. The molecular formula is C24H31FN2O3. The molecule has 1 atom stereocenters. The zero-order chi connectivity index (χ0) is 22.1. The number of halogens is 1. The predicted molar refractivity (Wildman–Crippen MR) is 116 cm³/mol. The molecule has 0 spiro atoms. The van der Waals surface area contributed by atoms with Gasteiger partial charge in [0.1, 0.15) is 17.6 Å². The number of rotatable bonds is 10. The van der Waals surface area contributed by atoms with Gasteiger partial charge in [0.05, 0.1) is 0 Å². The predicted octanol–water partition coefficient (Wildman–Crippen LogP) is 4.27. The molecule has 2 amide bonds. The molecule has 2 aromatic rings. The molecule has 0 bridgehead atoms. The summed E-state index contributed by atoms with van der Waals surface area (Å²) < 4.78 is 19.1. The van der Waals surface area contributed by atoms with Gasteiger partial charge < -0.3 is 15.0 Å². The summed E-state index contributed by atoms with van der Waals surface area (Å²) in [6, 6.07) is 12.9. The smallest absolute Gasteiger partial charge is 0.261 e. The lowest BCUT2D eigenvalue weighted by Gasteiger charge is -2.30. The fourth-order valence-corrected chi connectivity index (χ4v) is 3.31. The molecule has 0 heterocycles. The molecule has 0 radical (unpaired) electrons. The van der Waals surface area contributed by atoms with E-state index in [4.69, 9.17) is 4.74 Å².